The van der Waals surface area contributed by atoms with Crippen LogP contribution >= 0.6 is 23.4 Å². The lowest BCUT2D eigenvalue weighted by molar-refractivity contribution is -0.120. The first-order valence-electron chi connectivity index (χ1n) is 7.57. The number of phenols is 1. The molecule has 0 saturated carbocycles. The summed E-state index contributed by atoms with van der Waals surface area (Å²) in [5.74, 6) is 0.139. The van der Waals surface area contributed by atoms with Crippen molar-refractivity contribution in [3.63, 3.8) is 0 Å². The van der Waals surface area contributed by atoms with E-state index in [1.807, 2.05) is 12.3 Å². The summed E-state index contributed by atoms with van der Waals surface area (Å²) in [6.45, 7) is 0. The Bertz CT molecular complexity index is 802. The molecular formula is C18H19ClN2O4S. The van der Waals surface area contributed by atoms with E-state index in [-0.39, 0.29) is 29.6 Å². The number of amides is 1. The van der Waals surface area contributed by atoms with Gasteiger partial charge in [0, 0.05) is 15.5 Å². The Morgan fingerprint density at radius 1 is 1.27 bits per heavy atom. The maximum Gasteiger partial charge on any atom is 0.244 e. The summed E-state index contributed by atoms with van der Waals surface area (Å²) < 4.78 is 10.2. The number of rotatable bonds is 7. The number of aromatic hydroxyl groups is 1. The number of nitrogens with zero attached hydrogens (tertiary/aromatic N) is 1. The lowest BCUT2D eigenvalue weighted by atomic mass is 10.1. The van der Waals surface area contributed by atoms with Gasteiger partial charge in [0.15, 0.2) is 11.5 Å². The summed E-state index contributed by atoms with van der Waals surface area (Å²) in [6.07, 6.45) is 3.54. The summed E-state index contributed by atoms with van der Waals surface area (Å²) in [4.78, 5) is 13.1. The number of hydrogen-bond acceptors (Lipinski definition) is 6. The normalized spacial score (nSPS) is 10.8. The van der Waals surface area contributed by atoms with Crippen LogP contribution in [0.4, 0.5) is 0 Å². The van der Waals surface area contributed by atoms with Crippen LogP contribution in [-0.2, 0) is 11.2 Å². The zero-order chi connectivity index (χ0) is 19.1. The highest BCUT2D eigenvalue weighted by Crippen LogP contribution is 2.36. The number of benzene rings is 2. The lowest BCUT2D eigenvalue weighted by Crippen LogP contribution is -2.20. The van der Waals surface area contributed by atoms with Crippen LogP contribution in [0.15, 0.2) is 40.3 Å². The van der Waals surface area contributed by atoms with Crippen molar-refractivity contribution in [3.05, 3.63) is 46.5 Å². The topological polar surface area (TPSA) is 80.2 Å². The monoisotopic (exact) mass is 394 g/mol. The second kappa shape index (κ2) is 9.35. The molecule has 0 aromatic heterocycles. The molecule has 0 atom stereocenters. The van der Waals surface area contributed by atoms with Crippen molar-refractivity contribution in [1.29, 1.82) is 0 Å². The van der Waals surface area contributed by atoms with Gasteiger partial charge in [-0.25, -0.2) is 5.43 Å². The predicted octanol–water partition coefficient (Wildman–Crippen LogP) is 3.48. The Hall–Kier alpha value is -2.38. The van der Waals surface area contributed by atoms with Crippen molar-refractivity contribution in [3.8, 4) is 17.2 Å². The van der Waals surface area contributed by atoms with Crippen LogP contribution in [0.3, 0.4) is 0 Å². The van der Waals surface area contributed by atoms with E-state index in [1.54, 1.807) is 36.0 Å². The summed E-state index contributed by atoms with van der Waals surface area (Å²) in [6, 6.07) is 8.60. The van der Waals surface area contributed by atoms with Gasteiger partial charge in [-0.1, -0.05) is 11.6 Å². The van der Waals surface area contributed by atoms with Crippen LogP contribution in [-0.4, -0.2) is 37.7 Å². The smallest absolute Gasteiger partial charge is 0.244 e. The minimum atomic E-state index is -0.267. The highest BCUT2D eigenvalue weighted by Gasteiger charge is 2.11. The molecule has 2 N–H and O–H groups in total. The average Bonchev–Trinajstić information content (AvgIpc) is 2.63. The molecule has 8 heteroatoms. The fourth-order valence-electron chi connectivity index (χ4n) is 2.26. The van der Waals surface area contributed by atoms with Crippen LogP contribution in [0.1, 0.15) is 11.1 Å². The molecule has 0 spiro atoms. The van der Waals surface area contributed by atoms with E-state index >= 15 is 0 Å². The molecule has 2 rings (SSSR count). The van der Waals surface area contributed by atoms with Gasteiger partial charge in [-0.3, -0.25) is 4.79 Å². The second-order valence-electron chi connectivity index (χ2n) is 5.20. The first kappa shape index (κ1) is 19.9. The first-order valence-corrected chi connectivity index (χ1v) is 9.18. The molecule has 2 aromatic carbocycles. The van der Waals surface area contributed by atoms with Gasteiger partial charge in [-0.2, -0.15) is 5.10 Å². The van der Waals surface area contributed by atoms with E-state index in [2.05, 4.69) is 10.5 Å². The van der Waals surface area contributed by atoms with E-state index in [1.165, 1.54) is 20.4 Å². The summed E-state index contributed by atoms with van der Waals surface area (Å²) >= 11 is 7.54. The Morgan fingerprint density at radius 3 is 2.50 bits per heavy atom. The zero-order valence-corrected chi connectivity index (χ0v) is 16.1. The van der Waals surface area contributed by atoms with Crippen molar-refractivity contribution < 1.29 is 19.4 Å². The highest BCUT2D eigenvalue weighted by atomic mass is 35.5. The Morgan fingerprint density at radius 2 is 1.92 bits per heavy atom. The minimum absolute atomic E-state index is 0.0956. The average molecular weight is 395 g/mol. The number of methoxy groups -OCH3 is 2. The number of ether oxygens (including phenoxy) is 2. The number of carbonyl (C=O) groups excluding carboxylic acids is 1. The molecule has 0 fully saturated rings. The van der Waals surface area contributed by atoms with Gasteiger partial charge in [-0.15, -0.1) is 11.8 Å². The van der Waals surface area contributed by atoms with Crippen molar-refractivity contribution >= 4 is 35.5 Å². The maximum atomic E-state index is 12.1. The fraction of sp³-hybridized carbons (Fsp3) is 0.222. The summed E-state index contributed by atoms with van der Waals surface area (Å²) in [5.41, 5.74) is 3.91. The third kappa shape index (κ3) is 5.06. The first-order chi connectivity index (χ1) is 12.5. The molecule has 1 amide bonds. The van der Waals surface area contributed by atoms with Gasteiger partial charge in [0.1, 0.15) is 0 Å². The molecule has 2 aromatic rings. The summed E-state index contributed by atoms with van der Waals surface area (Å²) in [7, 11) is 2.87. The predicted molar refractivity (Wildman–Crippen MR) is 104 cm³/mol. The molecule has 0 aliphatic carbocycles. The molecule has 0 bridgehead atoms. The van der Waals surface area contributed by atoms with Gasteiger partial charge >= 0.3 is 0 Å². The van der Waals surface area contributed by atoms with Crippen LogP contribution in [0.25, 0.3) is 0 Å². The molecule has 0 aliphatic heterocycles. The lowest BCUT2D eigenvalue weighted by Gasteiger charge is -2.09. The van der Waals surface area contributed by atoms with Gasteiger partial charge in [0.2, 0.25) is 11.7 Å². The number of phenolic OH excluding ortho intramolecular Hbond substituents is 1. The molecular weight excluding hydrogens is 376 g/mol. The van der Waals surface area contributed by atoms with Crippen molar-refractivity contribution in [1.82, 2.24) is 5.43 Å². The molecule has 26 heavy (non-hydrogen) atoms. The SMILES string of the molecule is COc1cc(/C=N\NC(=O)Cc2cc(Cl)ccc2SC)cc(OC)c1O. The van der Waals surface area contributed by atoms with Crippen molar-refractivity contribution in [2.24, 2.45) is 5.10 Å². The maximum absolute atomic E-state index is 12.1. The Balaban J connectivity index is 2.07. The molecule has 6 nitrogen and oxygen atoms in total. The van der Waals surface area contributed by atoms with Gasteiger partial charge in [0.05, 0.1) is 26.9 Å². The third-order valence-corrected chi connectivity index (χ3v) is 4.57. The number of thioether (sulfide) groups is 1. The van der Waals surface area contributed by atoms with Crippen LogP contribution in [0, 0.1) is 0 Å². The van der Waals surface area contributed by atoms with Crippen LogP contribution < -0.4 is 14.9 Å². The number of halogens is 1. The van der Waals surface area contributed by atoms with E-state index < -0.39 is 0 Å². The molecule has 138 valence electrons. The van der Waals surface area contributed by atoms with Crippen molar-refractivity contribution in [2.75, 3.05) is 20.5 Å². The minimum Gasteiger partial charge on any atom is -0.502 e. The number of hydrogen-bond donors (Lipinski definition) is 2. The van der Waals surface area contributed by atoms with Gasteiger partial charge in [-0.05, 0) is 42.2 Å². The Labute approximate surface area is 161 Å². The Kier molecular flexibility index (Phi) is 7.17. The quantitative estimate of drug-likeness (QED) is 0.427. The van der Waals surface area contributed by atoms with E-state index in [0.717, 1.165) is 10.5 Å². The second-order valence-corrected chi connectivity index (χ2v) is 6.48. The molecule has 0 heterocycles. The van der Waals surface area contributed by atoms with E-state index in [0.29, 0.717) is 10.6 Å². The highest BCUT2D eigenvalue weighted by molar-refractivity contribution is 7.98. The van der Waals surface area contributed by atoms with E-state index in [9.17, 15) is 9.90 Å². The van der Waals surface area contributed by atoms with Gasteiger partial charge < -0.3 is 14.6 Å². The van der Waals surface area contributed by atoms with Gasteiger partial charge in [0.25, 0.3) is 0 Å². The molecule has 0 aliphatic rings. The van der Waals surface area contributed by atoms with Crippen molar-refractivity contribution in [2.45, 2.75) is 11.3 Å². The molecule has 0 radical (unpaired) electrons. The molecule has 0 saturated heterocycles. The fourth-order valence-corrected chi connectivity index (χ4v) is 3.06. The standard InChI is InChI=1S/C18H19ClN2O4S/c1-24-14-6-11(7-15(25-2)18(14)23)10-20-21-17(22)9-12-8-13(19)4-5-16(12)26-3/h4-8,10,23H,9H2,1-3H3,(H,21,22)/b20-10-. The van der Waals surface area contributed by atoms with E-state index in [4.69, 9.17) is 21.1 Å². The summed E-state index contributed by atoms with van der Waals surface area (Å²) in [5, 5.41) is 14.4. The zero-order valence-electron chi connectivity index (χ0n) is 14.6. The largest absolute Gasteiger partial charge is 0.502 e. The number of hydrazone groups is 1. The van der Waals surface area contributed by atoms with Crippen LogP contribution in [0.2, 0.25) is 5.02 Å². The molecule has 0 unspecified atom stereocenters. The van der Waals surface area contributed by atoms with Crippen LogP contribution in [0.5, 0.6) is 17.2 Å². The number of nitrogens with one attached hydrogen (secondary N) is 1. The third-order valence-electron chi connectivity index (χ3n) is 3.50. The number of carbonyl (C=O) groups is 1.